The summed E-state index contributed by atoms with van der Waals surface area (Å²) in [6.07, 6.45) is 4.68. The van der Waals surface area contributed by atoms with E-state index in [0.29, 0.717) is 38.5 Å². The molecule has 0 radical (unpaired) electrons. The number of carbonyl (C=O) groups is 2. The number of esters is 1. The van der Waals surface area contributed by atoms with Gasteiger partial charge in [-0.1, -0.05) is 42.5 Å². The highest BCUT2D eigenvalue weighted by Gasteiger charge is 2.38. The van der Waals surface area contributed by atoms with Gasteiger partial charge in [-0.25, -0.2) is 0 Å². The second-order valence-electron chi connectivity index (χ2n) is 8.06. The highest BCUT2D eigenvalue weighted by molar-refractivity contribution is 5.97. The zero-order valence-corrected chi connectivity index (χ0v) is 18.3. The highest BCUT2D eigenvalue weighted by atomic mass is 16.5. The molecule has 0 spiro atoms. The molecular weight excluding hydrogens is 422 g/mol. The van der Waals surface area contributed by atoms with Crippen molar-refractivity contribution < 1.29 is 14.3 Å². The molecule has 2 aromatic rings. The molecule has 4 rings (SSSR count). The van der Waals surface area contributed by atoms with Crippen LogP contribution in [-0.4, -0.2) is 41.5 Å². The van der Waals surface area contributed by atoms with Gasteiger partial charge >= 0.3 is 5.97 Å². The van der Waals surface area contributed by atoms with E-state index in [2.05, 4.69) is 15.3 Å². The van der Waals surface area contributed by atoms with Crippen LogP contribution in [0.5, 0.6) is 0 Å². The van der Waals surface area contributed by atoms with E-state index in [4.69, 9.17) is 4.74 Å². The van der Waals surface area contributed by atoms with E-state index in [1.54, 1.807) is 19.1 Å². The number of rotatable bonds is 5. The van der Waals surface area contributed by atoms with Crippen molar-refractivity contribution in [3.05, 3.63) is 57.9 Å². The number of H-pyrrole nitrogens is 1. The number of aromatic nitrogens is 2. The number of fused-ring (bicyclic) bond motifs is 1. The van der Waals surface area contributed by atoms with Gasteiger partial charge in [-0.05, 0) is 25.3 Å². The summed E-state index contributed by atoms with van der Waals surface area (Å²) in [6, 6.07) is 11.5. The second-order valence-corrected chi connectivity index (χ2v) is 8.06. The first kappa shape index (κ1) is 22.3. The average Bonchev–Trinajstić information content (AvgIpc) is 2.83. The Hall–Kier alpha value is -3.93. The molecule has 1 aromatic carbocycles. The SMILES string of the molecule is CCOC(=O)C1CCN(c2nc3c(c(=O)[nH]2)C(/C=C/c2ccccc2)C(C#N)C(=O)N3)CC1. The van der Waals surface area contributed by atoms with E-state index in [1.165, 1.54) is 0 Å². The molecule has 1 saturated heterocycles. The first-order valence-electron chi connectivity index (χ1n) is 11.0. The monoisotopic (exact) mass is 447 g/mol. The van der Waals surface area contributed by atoms with Gasteiger partial charge in [-0.15, -0.1) is 0 Å². The molecule has 2 aliphatic heterocycles. The molecule has 33 heavy (non-hydrogen) atoms. The van der Waals surface area contributed by atoms with Crippen LogP contribution in [0.3, 0.4) is 0 Å². The Morgan fingerprint density at radius 3 is 2.67 bits per heavy atom. The summed E-state index contributed by atoms with van der Waals surface area (Å²) >= 11 is 0. The lowest BCUT2D eigenvalue weighted by Gasteiger charge is -2.32. The summed E-state index contributed by atoms with van der Waals surface area (Å²) in [5, 5.41) is 12.2. The normalized spacial score (nSPS) is 20.7. The minimum atomic E-state index is -1.04. The zero-order valence-electron chi connectivity index (χ0n) is 18.3. The van der Waals surface area contributed by atoms with E-state index < -0.39 is 23.3 Å². The number of nitrogens with zero attached hydrogens (tertiary/aromatic N) is 3. The largest absolute Gasteiger partial charge is 0.466 e. The second kappa shape index (κ2) is 9.69. The number of anilines is 2. The van der Waals surface area contributed by atoms with Crippen LogP contribution in [0, 0.1) is 23.2 Å². The number of ether oxygens (including phenoxy) is 1. The molecular formula is C24H25N5O4. The van der Waals surface area contributed by atoms with Crippen molar-refractivity contribution >= 4 is 29.7 Å². The molecule has 1 aromatic heterocycles. The number of benzene rings is 1. The predicted molar refractivity (Wildman–Crippen MR) is 122 cm³/mol. The summed E-state index contributed by atoms with van der Waals surface area (Å²) in [5.41, 5.74) is 0.760. The summed E-state index contributed by atoms with van der Waals surface area (Å²) < 4.78 is 5.10. The van der Waals surface area contributed by atoms with Crippen molar-refractivity contribution in [2.45, 2.75) is 25.7 Å². The molecule has 1 fully saturated rings. The van der Waals surface area contributed by atoms with Gasteiger partial charge in [0.25, 0.3) is 5.56 Å². The third-order valence-corrected chi connectivity index (χ3v) is 6.01. The molecule has 0 saturated carbocycles. The maximum absolute atomic E-state index is 13.1. The molecule has 2 N–H and O–H groups in total. The first-order valence-corrected chi connectivity index (χ1v) is 11.0. The van der Waals surface area contributed by atoms with Gasteiger partial charge < -0.3 is 15.0 Å². The third kappa shape index (κ3) is 4.65. The quantitative estimate of drug-likeness (QED) is 0.674. The van der Waals surface area contributed by atoms with Crippen molar-refractivity contribution in [3.63, 3.8) is 0 Å². The standard InChI is InChI=1S/C24H25N5O4/c1-2-33-23(32)16-10-12-29(13-11-16)24-27-20-19(22(31)28-24)17(18(14-25)21(30)26-20)9-8-15-6-4-3-5-7-15/h3-9,16-18H,2,10-13H2,1H3,(H2,26,27,28,30,31)/b9-8+. The minimum absolute atomic E-state index is 0.167. The van der Waals surface area contributed by atoms with Crippen LogP contribution in [-0.2, 0) is 14.3 Å². The minimum Gasteiger partial charge on any atom is -0.466 e. The van der Waals surface area contributed by atoms with Crippen LogP contribution in [0.2, 0.25) is 0 Å². The van der Waals surface area contributed by atoms with Crippen LogP contribution in [0.25, 0.3) is 6.08 Å². The molecule has 170 valence electrons. The number of piperidine rings is 1. The summed E-state index contributed by atoms with van der Waals surface area (Å²) in [5.74, 6) is -2.12. The molecule has 2 atom stereocenters. The Labute approximate surface area is 191 Å². The number of nitrogens with one attached hydrogen (secondary N) is 2. The number of nitriles is 1. The lowest BCUT2D eigenvalue weighted by atomic mass is 9.83. The summed E-state index contributed by atoms with van der Waals surface area (Å²) in [7, 11) is 0. The zero-order chi connectivity index (χ0) is 23.4. The summed E-state index contributed by atoms with van der Waals surface area (Å²) in [6.45, 7) is 3.18. The van der Waals surface area contributed by atoms with E-state index in [0.717, 1.165) is 5.56 Å². The smallest absolute Gasteiger partial charge is 0.309 e. The molecule has 1 amide bonds. The Morgan fingerprint density at radius 1 is 1.27 bits per heavy atom. The molecule has 3 heterocycles. The fraction of sp³-hybridized carbons (Fsp3) is 0.375. The maximum atomic E-state index is 13.1. The molecule has 0 aliphatic carbocycles. The van der Waals surface area contributed by atoms with Crippen molar-refractivity contribution in [3.8, 4) is 6.07 Å². The van der Waals surface area contributed by atoms with Crippen molar-refractivity contribution in [2.75, 3.05) is 29.9 Å². The number of hydrogen-bond acceptors (Lipinski definition) is 7. The average molecular weight is 447 g/mol. The predicted octanol–water partition coefficient (Wildman–Crippen LogP) is 2.44. The number of allylic oxidation sites excluding steroid dienone is 1. The molecule has 2 aliphatic rings. The lowest BCUT2D eigenvalue weighted by molar-refractivity contribution is -0.148. The Morgan fingerprint density at radius 2 is 2.00 bits per heavy atom. The number of hydrogen-bond donors (Lipinski definition) is 2. The topological polar surface area (TPSA) is 128 Å². The fourth-order valence-electron chi connectivity index (χ4n) is 4.26. The van der Waals surface area contributed by atoms with Crippen LogP contribution in [0.4, 0.5) is 11.8 Å². The Bertz CT molecular complexity index is 1160. The third-order valence-electron chi connectivity index (χ3n) is 6.01. The Kier molecular flexibility index (Phi) is 6.54. The molecule has 0 bridgehead atoms. The molecule has 9 nitrogen and oxygen atoms in total. The maximum Gasteiger partial charge on any atom is 0.309 e. The van der Waals surface area contributed by atoms with E-state index in [-0.39, 0.29) is 23.3 Å². The van der Waals surface area contributed by atoms with E-state index in [9.17, 15) is 19.6 Å². The van der Waals surface area contributed by atoms with Crippen LogP contribution >= 0.6 is 0 Å². The molecule has 9 heteroatoms. The van der Waals surface area contributed by atoms with Crippen LogP contribution < -0.4 is 15.8 Å². The first-order chi connectivity index (χ1) is 16.0. The van der Waals surface area contributed by atoms with Gasteiger partial charge in [0.05, 0.1) is 24.2 Å². The Balaban J connectivity index is 1.61. The van der Waals surface area contributed by atoms with E-state index in [1.807, 2.05) is 41.3 Å². The highest BCUT2D eigenvalue weighted by Crippen LogP contribution is 2.35. The van der Waals surface area contributed by atoms with Crippen LogP contribution in [0.15, 0.2) is 41.2 Å². The summed E-state index contributed by atoms with van der Waals surface area (Å²) in [4.78, 5) is 46.9. The van der Waals surface area contributed by atoms with E-state index >= 15 is 0 Å². The van der Waals surface area contributed by atoms with Gasteiger partial charge in [-0.2, -0.15) is 10.2 Å². The number of aromatic amines is 1. The molecule has 2 unspecified atom stereocenters. The van der Waals surface area contributed by atoms with Crippen LogP contribution in [0.1, 0.15) is 36.8 Å². The lowest BCUT2D eigenvalue weighted by Crippen LogP contribution is -2.41. The van der Waals surface area contributed by atoms with Gasteiger partial charge in [0.1, 0.15) is 11.7 Å². The van der Waals surface area contributed by atoms with Gasteiger partial charge in [0.15, 0.2) is 0 Å². The van der Waals surface area contributed by atoms with Gasteiger partial charge in [-0.3, -0.25) is 19.4 Å². The van der Waals surface area contributed by atoms with Crippen molar-refractivity contribution in [2.24, 2.45) is 11.8 Å². The number of carbonyl (C=O) groups excluding carboxylic acids is 2. The number of amides is 1. The van der Waals surface area contributed by atoms with Gasteiger partial charge in [0.2, 0.25) is 11.9 Å². The van der Waals surface area contributed by atoms with Crippen molar-refractivity contribution in [1.82, 2.24) is 9.97 Å². The fourth-order valence-corrected chi connectivity index (χ4v) is 4.26. The van der Waals surface area contributed by atoms with Crippen molar-refractivity contribution in [1.29, 1.82) is 5.26 Å². The van der Waals surface area contributed by atoms with Gasteiger partial charge in [0, 0.05) is 19.0 Å².